The minimum atomic E-state index is -4.20. The molecule has 2 aliphatic rings. The van der Waals surface area contributed by atoms with Crippen molar-refractivity contribution < 1.29 is 27.1 Å². The number of anilines is 1. The number of aliphatic hydroxyl groups is 1. The minimum absolute atomic E-state index is 0.0780. The summed E-state index contributed by atoms with van der Waals surface area (Å²) >= 11 is 0. The average Bonchev–Trinajstić information content (AvgIpc) is 2.87. The Bertz CT molecular complexity index is 1530. The lowest BCUT2D eigenvalue weighted by atomic mass is 9.86. The highest BCUT2D eigenvalue weighted by atomic mass is 32.2. The molecule has 0 saturated carbocycles. The maximum absolute atomic E-state index is 14.5. The monoisotopic (exact) mass is 553 g/mol. The Balaban J connectivity index is 1.85. The zero-order valence-corrected chi connectivity index (χ0v) is 23.6. The van der Waals surface area contributed by atoms with Crippen LogP contribution in [0.4, 0.5) is 5.69 Å². The van der Waals surface area contributed by atoms with Gasteiger partial charge in [0.25, 0.3) is 10.0 Å². The van der Waals surface area contributed by atoms with Gasteiger partial charge in [0.05, 0.1) is 40.4 Å². The molecule has 0 amide bonds. The number of rotatable bonds is 4. The number of benzene rings is 3. The van der Waals surface area contributed by atoms with E-state index >= 15 is 0 Å². The van der Waals surface area contributed by atoms with E-state index in [1.807, 2.05) is 26.8 Å². The van der Waals surface area contributed by atoms with E-state index in [0.29, 0.717) is 11.1 Å². The average molecular weight is 554 g/mol. The molecule has 0 aliphatic carbocycles. The Kier molecular flexibility index (Phi) is 6.69. The van der Waals surface area contributed by atoms with Crippen LogP contribution in [0.2, 0.25) is 0 Å². The van der Waals surface area contributed by atoms with Crippen LogP contribution < -0.4 is 4.31 Å². The number of hydrogen-bond acceptors (Lipinski definition) is 6. The molecule has 0 aromatic heterocycles. The number of aryl methyl sites for hydroxylation is 1. The molecular weight excluding hydrogens is 521 g/mol. The lowest BCUT2D eigenvalue weighted by Gasteiger charge is -2.43. The Morgan fingerprint density at radius 3 is 2.11 bits per heavy atom. The lowest BCUT2D eigenvalue weighted by molar-refractivity contribution is 0.0460. The molecule has 0 unspecified atom stereocenters. The summed E-state index contributed by atoms with van der Waals surface area (Å²) in [6.45, 7) is 7.75. The van der Waals surface area contributed by atoms with Crippen molar-refractivity contribution in [3.05, 3.63) is 101 Å². The smallest absolute Gasteiger partial charge is 0.363 e. The maximum Gasteiger partial charge on any atom is 0.363 e. The standard InChI is InChI=1S/C29H32NO6PS/c1-21-14-16-23(17-15-21)38(33,34)30-25-13-9-8-12-24(25)29(4,31)18-26(30)27(22-10-6-5-7-11-22)37(32)35-19-28(2,3)20-36-37/h5-17,31H,18-20H2,1-4H3/b27-26+/t29-/m0/s1. The zero-order chi connectivity index (χ0) is 27.3. The van der Waals surface area contributed by atoms with Gasteiger partial charge < -0.3 is 14.2 Å². The van der Waals surface area contributed by atoms with E-state index in [4.69, 9.17) is 9.05 Å². The molecular formula is C29H32NO6PS. The second-order valence-corrected chi connectivity index (χ2v) is 14.7. The van der Waals surface area contributed by atoms with Crippen molar-refractivity contribution in [1.82, 2.24) is 0 Å². The van der Waals surface area contributed by atoms with E-state index in [-0.39, 0.29) is 46.6 Å². The fourth-order valence-corrected chi connectivity index (χ4v) is 8.78. The summed E-state index contributed by atoms with van der Waals surface area (Å²) in [5.41, 5.74) is 0.516. The summed E-state index contributed by atoms with van der Waals surface area (Å²) in [6.07, 6.45) is -0.126. The van der Waals surface area contributed by atoms with Crippen LogP contribution in [-0.4, -0.2) is 26.7 Å². The molecule has 38 heavy (non-hydrogen) atoms. The first-order chi connectivity index (χ1) is 17.8. The van der Waals surface area contributed by atoms with Crippen molar-refractivity contribution in [2.45, 2.75) is 44.6 Å². The van der Waals surface area contributed by atoms with Gasteiger partial charge in [-0.2, -0.15) is 0 Å². The van der Waals surface area contributed by atoms with E-state index in [9.17, 15) is 18.1 Å². The van der Waals surface area contributed by atoms with Gasteiger partial charge in [0.1, 0.15) is 0 Å². The number of sulfonamides is 1. The second kappa shape index (κ2) is 9.47. The number of hydrogen-bond donors (Lipinski definition) is 1. The van der Waals surface area contributed by atoms with Crippen molar-refractivity contribution in [3.63, 3.8) is 0 Å². The van der Waals surface area contributed by atoms with Crippen molar-refractivity contribution in [1.29, 1.82) is 0 Å². The third-order valence-electron chi connectivity index (χ3n) is 6.86. The van der Waals surface area contributed by atoms with Crippen LogP contribution in [0.1, 0.15) is 43.9 Å². The highest BCUT2D eigenvalue weighted by Gasteiger charge is 2.48. The molecule has 0 bridgehead atoms. The Hall–Kier alpha value is -2.74. The summed E-state index contributed by atoms with van der Waals surface area (Å²) in [5, 5.41) is 11.8. The van der Waals surface area contributed by atoms with E-state index < -0.39 is 23.2 Å². The van der Waals surface area contributed by atoms with Crippen LogP contribution in [0, 0.1) is 12.3 Å². The molecule has 7 nitrogen and oxygen atoms in total. The normalized spacial score (nSPS) is 24.0. The van der Waals surface area contributed by atoms with E-state index in [2.05, 4.69) is 0 Å². The fourth-order valence-electron chi connectivity index (χ4n) is 4.82. The fraction of sp³-hybridized carbons (Fsp3) is 0.310. The molecule has 2 aliphatic heterocycles. The molecule has 0 radical (unpaired) electrons. The summed E-state index contributed by atoms with van der Waals surface area (Å²) in [6, 6.07) is 22.3. The number of para-hydroxylation sites is 1. The first-order valence-electron chi connectivity index (χ1n) is 12.5. The van der Waals surface area contributed by atoms with Gasteiger partial charge in [-0.3, -0.25) is 4.57 Å². The molecule has 1 N–H and O–H groups in total. The number of nitrogens with zero attached hydrogens (tertiary/aromatic N) is 1. The van der Waals surface area contributed by atoms with Crippen LogP contribution in [0.3, 0.4) is 0 Å². The van der Waals surface area contributed by atoms with Gasteiger partial charge in [0, 0.05) is 17.4 Å². The van der Waals surface area contributed by atoms with E-state index in [1.54, 1.807) is 79.7 Å². The third-order valence-corrected chi connectivity index (χ3v) is 10.6. The Labute approximate surface area is 224 Å². The summed E-state index contributed by atoms with van der Waals surface area (Å²) in [4.78, 5) is 0.0780. The van der Waals surface area contributed by atoms with Gasteiger partial charge in [-0.05, 0) is 37.6 Å². The van der Waals surface area contributed by atoms with Gasteiger partial charge in [-0.15, -0.1) is 0 Å². The largest absolute Gasteiger partial charge is 0.385 e. The van der Waals surface area contributed by atoms with Crippen molar-refractivity contribution in [2.75, 3.05) is 17.5 Å². The lowest BCUT2D eigenvalue weighted by Crippen LogP contribution is -2.41. The molecule has 1 atom stereocenters. The van der Waals surface area contributed by atoms with Gasteiger partial charge in [0.15, 0.2) is 0 Å². The molecule has 200 valence electrons. The Morgan fingerprint density at radius 2 is 1.47 bits per heavy atom. The highest BCUT2D eigenvalue weighted by Crippen LogP contribution is 2.66. The van der Waals surface area contributed by atoms with Crippen molar-refractivity contribution >= 4 is 28.6 Å². The molecule has 0 spiro atoms. The Morgan fingerprint density at radius 1 is 0.895 bits per heavy atom. The predicted octanol–water partition coefficient (Wildman–Crippen LogP) is 6.44. The minimum Gasteiger partial charge on any atom is -0.385 e. The molecule has 2 heterocycles. The first-order valence-corrected chi connectivity index (χ1v) is 15.4. The molecule has 9 heteroatoms. The number of fused-ring (bicyclic) bond motifs is 1. The maximum atomic E-state index is 14.5. The quantitative estimate of drug-likeness (QED) is 0.374. The first kappa shape index (κ1) is 26.9. The second-order valence-electron chi connectivity index (χ2n) is 10.9. The topological polar surface area (TPSA) is 93.1 Å². The van der Waals surface area contributed by atoms with E-state index in [0.717, 1.165) is 5.56 Å². The van der Waals surface area contributed by atoms with Crippen LogP contribution >= 0.6 is 7.60 Å². The molecule has 3 aromatic rings. The third kappa shape index (κ3) is 4.76. The van der Waals surface area contributed by atoms with Crippen LogP contribution in [-0.2, 0) is 29.2 Å². The van der Waals surface area contributed by atoms with Gasteiger partial charge >= 0.3 is 7.60 Å². The van der Waals surface area contributed by atoms with Gasteiger partial charge in [-0.1, -0.05) is 80.1 Å². The molecule has 1 fully saturated rings. The van der Waals surface area contributed by atoms with Crippen LogP contribution in [0.25, 0.3) is 5.31 Å². The van der Waals surface area contributed by atoms with Crippen LogP contribution in [0.5, 0.6) is 0 Å². The van der Waals surface area contributed by atoms with Gasteiger partial charge in [0.2, 0.25) is 0 Å². The van der Waals surface area contributed by atoms with E-state index in [1.165, 1.54) is 4.31 Å². The zero-order valence-electron chi connectivity index (χ0n) is 21.9. The SMILES string of the molecule is Cc1ccc(S(=O)(=O)N2/C(=C(\c3ccccc3)P3(=O)OCC(C)(C)CO3)C[C@](C)(O)c3ccccc32)cc1. The molecule has 1 saturated heterocycles. The predicted molar refractivity (Wildman–Crippen MR) is 148 cm³/mol. The van der Waals surface area contributed by atoms with Crippen molar-refractivity contribution in [2.24, 2.45) is 5.41 Å². The van der Waals surface area contributed by atoms with Gasteiger partial charge in [-0.25, -0.2) is 12.7 Å². The summed E-state index contributed by atoms with van der Waals surface area (Å²) in [7, 11) is -8.21. The van der Waals surface area contributed by atoms with Crippen LogP contribution in [0.15, 0.2) is 89.5 Å². The summed E-state index contributed by atoms with van der Waals surface area (Å²) < 4.78 is 56.3. The molecule has 5 rings (SSSR count). The highest BCUT2D eigenvalue weighted by molar-refractivity contribution is 7.93. The summed E-state index contributed by atoms with van der Waals surface area (Å²) in [5.74, 6) is 0. The van der Waals surface area contributed by atoms with Crippen molar-refractivity contribution in [3.8, 4) is 0 Å². The molecule has 3 aromatic carbocycles.